The Balaban J connectivity index is 0.00000384. The zero-order valence-corrected chi connectivity index (χ0v) is 28.3. The Hall–Kier alpha value is -4.01. The molecule has 0 unspecified atom stereocenters. The number of nitrogens with zero attached hydrogens (tertiary/aromatic N) is 3. The molecule has 1 N–H and O–H groups in total. The summed E-state index contributed by atoms with van der Waals surface area (Å²) < 4.78 is 2.16. The van der Waals surface area contributed by atoms with E-state index in [2.05, 4.69) is 101 Å². The number of aromatic nitrogens is 3. The third-order valence-electron chi connectivity index (χ3n) is 8.19. The monoisotopic (exact) mass is 759 g/mol. The predicted molar refractivity (Wildman–Crippen MR) is 178 cm³/mol. The molecule has 0 atom stereocenters. The quantitative estimate of drug-likeness (QED) is 0.165. The molecule has 5 heteroatoms. The van der Waals surface area contributed by atoms with Gasteiger partial charge in [-0.3, -0.25) is 9.97 Å². The van der Waals surface area contributed by atoms with Gasteiger partial charge in [0.2, 0.25) is 0 Å². The molecule has 0 bridgehead atoms. The Bertz CT molecular complexity index is 1910. The largest absolute Gasteiger partial charge is 0.507 e. The topological polar surface area (TPSA) is 50.9 Å². The first-order valence-corrected chi connectivity index (χ1v) is 15.1. The van der Waals surface area contributed by atoms with Crippen molar-refractivity contribution in [1.29, 1.82) is 0 Å². The van der Waals surface area contributed by atoms with Gasteiger partial charge in [0.05, 0.1) is 11.3 Å². The van der Waals surface area contributed by atoms with E-state index in [9.17, 15) is 5.11 Å². The van der Waals surface area contributed by atoms with Crippen LogP contribution in [-0.2, 0) is 21.1 Å². The molecule has 6 rings (SSSR count). The third kappa shape index (κ3) is 6.01. The van der Waals surface area contributed by atoms with Crippen molar-refractivity contribution in [2.75, 3.05) is 0 Å². The zero-order chi connectivity index (χ0) is 30.2. The number of aromatic hydroxyl groups is 1. The van der Waals surface area contributed by atoms with Gasteiger partial charge in [-0.1, -0.05) is 101 Å². The second-order valence-corrected chi connectivity index (χ2v) is 12.2. The smallest absolute Gasteiger partial charge is 0.140 e. The van der Waals surface area contributed by atoms with Crippen LogP contribution in [0, 0.1) is 6.07 Å². The van der Waals surface area contributed by atoms with Gasteiger partial charge in [0.15, 0.2) is 0 Å². The number of pyridine rings is 1. The molecule has 0 radical (unpaired) electrons. The number of rotatable bonds is 7. The number of para-hydroxylation sites is 2. The first-order valence-electron chi connectivity index (χ1n) is 15.1. The van der Waals surface area contributed by atoms with E-state index in [1.54, 1.807) is 6.07 Å². The van der Waals surface area contributed by atoms with Crippen LogP contribution in [0.2, 0.25) is 0 Å². The molecule has 0 aliphatic rings. The Morgan fingerprint density at radius 1 is 0.682 bits per heavy atom. The number of benzene rings is 4. The average Bonchev–Trinajstić information content (AvgIpc) is 3.45. The Kier molecular flexibility index (Phi) is 9.23. The molecule has 4 nitrogen and oxygen atoms in total. The standard InChI is InChI=1S/C39H38N3O.Pt/c1-24(2)27-17-18-28-21-35(40-22-31(28)19-27)29-11-9-12-30(20-29)36-23-42(39(41-36)34-13-7-8-16-37(34)43)38-32(25(3)4)14-10-15-33(38)26(5)6;/h7-19,21-26,43H,1-6H3;/q-1;. The number of phenolic OH excluding ortho intramolecular Hbond substituents is 1. The summed E-state index contributed by atoms with van der Waals surface area (Å²) in [5.41, 5.74) is 9.06. The van der Waals surface area contributed by atoms with Gasteiger partial charge in [0.1, 0.15) is 11.6 Å². The molecule has 0 amide bonds. The first-order chi connectivity index (χ1) is 20.7. The summed E-state index contributed by atoms with van der Waals surface area (Å²) in [4.78, 5) is 9.96. The van der Waals surface area contributed by atoms with Crippen LogP contribution >= 0.6 is 0 Å². The fraction of sp³-hybridized carbons (Fsp3) is 0.231. The Morgan fingerprint density at radius 3 is 2.00 bits per heavy atom. The molecule has 44 heavy (non-hydrogen) atoms. The minimum atomic E-state index is 0. The van der Waals surface area contributed by atoms with Crippen LogP contribution in [0.15, 0.2) is 97.3 Å². The van der Waals surface area contributed by atoms with Crippen molar-refractivity contribution in [3.63, 3.8) is 0 Å². The minimum Gasteiger partial charge on any atom is -0.507 e. The van der Waals surface area contributed by atoms with Crippen molar-refractivity contribution in [2.45, 2.75) is 59.3 Å². The maximum atomic E-state index is 10.9. The van der Waals surface area contributed by atoms with Gasteiger partial charge in [0, 0.05) is 44.8 Å². The summed E-state index contributed by atoms with van der Waals surface area (Å²) in [6.45, 7) is 13.3. The molecule has 6 aromatic rings. The van der Waals surface area contributed by atoms with Gasteiger partial charge in [-0.2, -0.15) is 0 Å². The van der Waals surface area contributed by atoms with Gasteiger partial charge >= 0.3 is 0 Å². The van der Waals surface area contributed by atoms with E-state index in [4.69, 9.17) is 9.97 Å². The second kappa shape index (κ2) is 12.9. The van der Waals surface area contributed by atoms with Gasteiger partial charge in [-0.05, 0) is 63.4 Å². The molecular formula is C39H38N3OPt-. The van der Waals surface area contributed by atoms with Crippen molar-refractivity contribution in [3.8, 4) is 45.3 Å². The maximum Gasteiger partial charge on any atom is 0.140 e. The molecule has 4 aromatic carbocycles. The molecule has 0 aliphatic heterocycles. The molecular weight excluding hydrogens is 722 g/mol. The molecule has 0 saturated heterocycles. The first kappa shape index (κ1) is 31.4. The van der Waals surface area contributed by atoms with Crippen LogP contribution in [0.5, 0.6) is 5.75 Å². The normalized spacial score (nSPS) is 11.5. The van der Waals surface area contributed by atoms with Crippen LogP contribution in [0.3, 0.4) is 0 Å². The maximum absolute atomic E-state index is 10.9. The van der Waals surface area contributed by atoms with E-state index in [0.717, 1.165) is 39.0 Å². The number of phenols is 1. The van der Waals surface area contributed by atoms with Crippen molar-refractivity contribution in [3.05, 3.63) is 120 Å². The average molecular weight is 760 g/mol. The van der Waals surface area contributed by atoms with E-state index < -0.39 is 0 Å². The Morgan fingerprint density at radius 2 is 1.34 bits per heavy atom. The summed E-state index contributed by atoms with van der Waals surface area (Å²) in [6.07, 6.45) is 4.05. The number of hydrogen-bond acceptors (Lipinski definition) is 3. The summed E-state index contributed by atoms with van der Waals surface area (Å²) >= 11 is 0. The van der Waals surface area contributed by atoms with Gasteiger partial charge in [-0.15, -0.1) is 24.3 Å². The molecule has 0 spiro atoms. The summed E-state index contributed by atoms with van der Waals surface area (Å²) in [5, 5.41) is 13.2. The molecule has 0 fully saturated rings. The molecule has 2 heterocycles. The van der Waals surface area contributed by atoms with E-state index >= 15 is 0 Å². The van der Waals surface area contributed by atoms with Crippen LogP contribution in [-0.4, -0.2) is 19.6 Å². The fourth-order valence-electron chi connectivity index (χ4n) is 5.76. The molecule has 0 aliphatic carbocycles. The molecule has 2 aromatic heterocycles. The SMILES string of the molecule is CC(C)c1ccc2cc(-c3[c-]c(-c4cn(-c5c(C(C)C)cccc5C(C)C)c(-c5ccccc5O)n4)ccc3)ncc2c1.[Pt]. The van der Waals surface area contributed by atoms with Crippen molar-refractivity contribution >= 4 is 10.8 Å². The Labute approximate surface area is 275 Å². The predicted octanol–water partition coefficient (Wildman–Crippen LogP) is 10.3. The van der Waals surface area contributed by atoms with E-state index in [1.165, 1.54) is 16.7 Å². The van der Waals surface area contributed by atoms with Crippen molar-refractivity contribution < 1.29 is 26.2 Å². The zero-order valence-electron chi connectivity index (χ0n) is 26.1. The summed E-state index contributed by atoms with van der Waals surface area (Å²) in [7, 11) is 0. The van der Waals surface area contributed by atoms with E-state index in [-0.39, 0.29) is 26.8 Å². The second-order valence-electron chi connectivity index (χ2n) is 12.2. The number of fused-ring (bicyclic) bond motifs is 1. The van der Waals surface area contributed by atoms with Crippen LogP contribution in [0.1, 0.15) is 76.0 Å². The van der Waals surface area contributed by atoms with Crippen LogP contribution < -0.4 is 0 Å². The van der Waals surface area contributed by atoms with Gasteiger partial charge in [-0.25, -0.2) is 0 Å². The van der Waals surface area contributed by atoms with Crippen LogP contribution in [0.25, 0.3) is 50.4 Å². The summed E-state index contributed by atoms with van der Waals surface area (Å²) in [5.74, 6) is 1.99. The van der Waals surface area contributed by atoms with Gasteiger partial charge in [0.25, 0.3) is 0 Å². The summed E-state index contributed by atoms with van der Waals surface area (Å²) in [6, 6.07) is 32.4. The van der Waals surface area contributed by atoms with Gasteiger partial charge < -0.3 is 9.67 Å². The van der Waals surface area contributed by atoms with Crippen molar-refractivity contribution in [2.24, 2.45) is 0 Å². The number of hydrogen-bond donors (Lipinski definition) is 1. The van der Waals surface area contributed by atoms with E-state index in [0.29, 0.717) is 29.1 Å². The molecule has 0 saturated carbocycles. The van der Waals surface area contributed by atoms with Crippen molar-refractivity contribution in [1.82, 2.24) is 14.5 Å². The fourth-order valence-corrected chi connectivity index (χ4v) is 5.76. The number of imidazole rings is 1. The molecule has 226 valence electrons. The third-order valence-corrected chi connectivity index (χ3v) is 8.19. The van der Waals surface area contributed by atoms with Crippen LogP contribution in [0.4, 0.5) is 0 Å². The van der Waals surface area contributed by atoms with E-state index in [1.807, 2.05) is 42.6 Å². The minimum absolute atomic E-state index is 0.